The minimum atomic E-state index is -0.187. The molecule has 1 aromatic rings. The van der Waals surface area contributed by atoms with E-state index in [1.165, 1.54) is 6.07 Å². The number of hydrogen-bond acceptors (Lipinski definition) is 2. The van der Waals surface area contributed by atoms with Crippen molar-refractivity contribution in [2.45, 2.75) is 32.9 Å². The first kappa shape index (κ1) is 14.1. The van der Waals surface area contributed by atoms with Gasteiger partial charge in [0.05, 0.1) is 18.8 Å². The lowest BCUT2D eigenvalue weighted by molar-refractivity contribution is 0.0224. The summed E-state index contributed by atoms with van der Waals surface area (Å²) in [6.45, 7) is 6.75. The Morgan fingerprint density at radius 2 is 1.88 bits per heavy atom. The molecule has 0 aliphatic heterocycles. The molecule has 0 bridgehead atoms. The van der Waals surface area contributed by atoms with Crippen molar-refractivity contribution in [3.05, 3.63) is 35.6 Å². The summed E-state index contributed by atoms with van der Waals surface area (Å²) in [5.41, 5.74) is 0.658. The Labute approximate surface area is 103 Å². The van der Waals surface area contributed by atoms with E-state index in [1.807, 2.05) is 20.0 Å². The highest BCUT2D eigenvalue weighted by molar-refractivity contribution is 5.21. The fourth-order valence-electron chi connectivity index (χ4n) is 1.53. The van der Waals surface area contributed by atoms with Gasteiger partial charge < -0.3 is 10.1 Å². The van der Waals surface area contributed by atoms with Crippen molar-refractivity contribution < 1.29 is 9.13 Å². The van der Waals surface area contributed by atoms with Crippen molar-refractivity contribution in [1.82, 2.24) is 5.32 Å². The number of nitrogens with one attached hydrogen (secondary N) is 1. The Hall–Kier alpha value is -0.930. The molecule has 0 heterocycles. The molecule has 96 valence electrons. The van der Waals surface area contributed by atoms with Gasteiger partial charge in [0.15, 0.2) is 0 Å². The predicted octanol–water partition coefficient (Wildman–Crippen LogP) is 3.15. The summed E-state index contributed by atoms with van der Waals surface area (Å²) < 4.78 is 19.4. The van der Waals surface area contributed by atoms with Crippen molar-refractivity contribution in [3.8, 4) is 0 Å². The largest absolute Gasteiger partial charge is 0.376 e. The van der Waals surface area contributed by atoms with Gasteiger partial charge in [0.1, 0.15) is 5.82 Å². The first-order valence-corrected chi connectivity index (χ1v) is 6.09. The molecule has 3 heteroatoms. The number of hydrogen-bond donors (Lipinski definition) is 1. The molecule has 1 aromatic carbocycles. The molecule has 0 saturated heterocycles. The van der Waals surface area contributed by atoms with Crippen molar-refractivity contribution >= 4 is 0 Å². The van der Waals surface area contributed by atoms with Gasteiger partial charge in [-0.3, -0.25) is 0 Å². The molecular formula is C14H22FNO. The third kappa shape index (κ3) is 4.10. The van der Waals surface area contributed by atoms with Gasteiger partial charge in [-0.25, -0.2) is 4.39 Å². The third-order valence-electron chi connectivity index (χ3n) is 3.09. The molecule has 0 aromatic heterocycles. The molecule has 1 rings (SSSR count). The second kappa shape index (κ2) is 6.72. The topological polar surface area (TPSA) is 21.3 Å². The van der Waals surface area contributed by atoms with Gasteiger partial charge in [-0.05, 0) is 26.0 Å². The highest BCUT2D eigenvalue weighted by Gasteiger charge is 2.16. The molecule has 0 spiro atoms. The summed E-state index contributed by atoms with van der Waals surface area (Å²) in [6.07, 6.45) is 0.178. The van der Waals surface area contributed by atoms with Crippen LogP contribution < -0.4 is 5.32 Å². The zero-order valence-electron chi connectivity index (χ0n) is 11.0. The van der Waals surface area contributed by atoms with Crippen LogP contribution in [0.4, 0.5) is 4.39 Å². The quantitative estimate of drug-likeness (QED) is 0.823. The number of halogens is 1. The Morgan fingerprint density at radius 1 is 1.24 bits per heavy atom. The van der Waals surface area contributed by atoms with Crippen LogP contribution in [0.15, 0.2) is 24.3 Å². The molecule has 2 atom stereocenters. The van der Waals surface area contributed by atoms with Crippen LogP contribution >= 0.6 is 0 Å². The maximum atomic E-state index is 13.6. The zero-order chi connectivity index (χ0) is 12.8. The summed E-state index contributed by atoms with van der Waals surface area (Å²) in [5, 5.41) is 3.09. The Morgan fingerprint density at radius 3 is 2.41 bits per heavy atom. The smallest absolute Gasteiger partial charge is 0.128 e. The molecule has 17 heavy (non-hydrogen) atoms. The summed E-state index contributed by atoms with van der Waals surface area (Å²) in [5.74, 6) is 0.278. The lowest BCUT2D eigenvalue weighted by Crippen LogP contribution is -2.26. The normalized spacial score (nSPS) is 14.9. The molecule has 0 saturated carbocycles. The van der Waals surface area contributed by atoms with Crippen LogP contribution in [0.25, 0.3) is 0 Å². The third-order valence-corrected chi connectivity index (χ3v) is 3.09. The molecule has 2 unspecified atom stereocenters. The molecule has 0 amide bonds. The summed E-state index contributed by atoms with van der Waals surface area (Å²) in [4.78, 5) is 0. The first-order valence-electron chi connectivity index (χ1n) is 6.09. The maximum absolute atomic E-state index is 13.6. The van der Waals surface area contributed by atoms with Crippen LogP contribution in [0, 0.1) is 11.7 Å². The number of rotatable bonds is 6. The highest BCUT2D eigenvalue weighted by atomic mass is 19.1. The number of benzene rings is 1. The lowest BCUT2D eigenvalue weighted by Gasteiger charge is -2.22. The minimum absolute atomic E-state index is 0.0996. The monoisotopic (exact) mass is 239 g/mol. The standard InChI is InChI=1S/C14H22FNO/c1-10(2)11(3)17-9-14(16-4)12-7-5-6-8-13(12)15/h5-8,10-11,14,16H,9H2,1-4H3. The van der Waals surface area contributed by atoms with E-state index in [1.54, 1.807) is 12.1 Å². The van der Waals surface area contributed by atoms with E-state index in [-0.39, 0.29) is 18.0 Å². The fraction of sp³-hybridized carbons (Fsp3) is 0.571. The van der Waals surface area contributed by atoms with Gasteiger partial charge >= 0.3 is 0 Å². The fourth-order valence-corrected chi connectivity index (χ4v) is 1.53. The Balaban J connectivity index is 2.64. The zero-order valence-corrected chi connectivity index (χ0v) is 11.0. The Bertz CT molecular complexity index is 341. The van der Waals surface area contributed by atoms with Crippen molar-refractivity contribution in [2.24, 2.45) is 5.92 Å². The van der Waals surface area contributed by atoms with Crippen LogP contribution in [0.3, 0.4) is 0 Å². The average molecular weight is 239 g/mol. The minimum Gasteiger partial charge on any atom is -0.376 e. The van der Waals surface area contributed by atoms with Crippen LogP contribution in [0.5, 0.6) is 0 Å². The van der Waals surface area contributed by atoms with Gasteiger partial charge in [0.25, 0.3) is 0 Å². The Kier molecular flexibility index (Phi) is 5.59. The first-order chi connectivity index (χ1) is 8.06. The number of likely N-dealkylation sites (N-methyl/N-ethyl adjacent to an activating group) is 1. The molecule has 2 nitrogen and oxygen atoms in total. The van der Waals surface area contributed by atoms with E-state index in [9.17, 15) is 4.39 Å². The predicted molar refractivity (Wildman–Crippen MR) is 68.5 cm³/mol. The number of ether oxygens (including phenoxy) is 1. The van der Waals surface area contributed by atoms with Crippen molar-refractivity contribution in [2.75, 3.05) is 13.7 Å². The average Bonchev–Trinajstić information content (AvgIpc) is 2.31. The highest BCUT2D eigenvalue weighted by Crippen LogP contribution is 2.18. The van der Waals surface area contributed by atoms with E-state index in [0.717, 1.165) is 0 Å². The molecule has 1 N–H and O–H groups in total. The molecule has 0 aliphatic rings. The van der Waals surface area contributed by atoms with Gasteiger partial charge in [0, 0.05) is 5.56 Å². The molecule has 0 radical (unpaired) electrons. The lowest BCUT2D eigenvalue weighted by atomic mass is 10.1. The second-order valence-corrected chi connectivity index (χ2v) is 4.65. The van der Waals surface area contributed by atoms with Gasteiger partial charge in [-0.2, -0.15) is 0 Å². The van der Waals surface area contributed by atoms with E-state index in [4.69, 9.17) is 4.74 Å². The van der Waals surface area contributed by atoms with Gasteiger partial charge in [-0.1, -0.05) is 32.0 Å². The van der Waals surface area contributed by atoms with Crippen LogP contribution in [-0.2, 0) is 4.74 Å². The molecular weight excluding hydrogens is 217 g/mol. The molecule has 0 fully saturated rings. The van der Waals surface area contributed by atoms with Crippen molar-refractivity contribution in [3.63, 3.8) is 0 Å². The van der Waals surface area contributed by atoms with Crippen LogP contribution in [-0.4, -0.2) is 19.8 Å². The molecule has 0 aliphatic carbocycles. The van der Waals surface area contributed by atoms with Crippen LogP contribution in [0.2, 0.25) is 0 Å². The maximum Gasteiger partial charge on any atom is 0.128 e. The van der Waals surface area contributed by atoms with E-state index < -0.39 is 0 Å². The summed E-state index contributed by atoms with van der Waals surface area (Å²) >= 11 is 0. The van der Waals surface area contributed by atoms with E-state index >= 15 is 0 Å². The van der Waals surface area contributed by atoms with Gasteiger partial charge in [0.2, 0.25) is 0 Å². The van der Waals surface area contributed by atoms with E-state index in [0.29, 0.717) is 18.1 Å². The second-order valence-electron chi connectivity index (χ2n) is 4.65. The van der Waals surface area contributed by atoms with E-state index in [2.05, 4.69) is 19.2 Å². The van der Waals surface area contributed by atoms with Crippen molar-refractivity contribution in [1.29, 1.82) is 0 Å². The van der Waals surface area contributed by atoms with Gasteiger partial charge in [-0.15, -0.1) is 0 Å². The summed E-state index contributed by atoms with van der Waals surface area (Å²) in [6, 6.07) is 6.71. The SMILES string of the molecule is CNC(COC(C)C(C)C)c1ccccc1F. The summed E-state index contributed by atoms with van der Waals surface area (Å²) in [7, 11) is 1.82. The van der Waals surface area contributed by atoms with Crippen LogP contribution in [0.1, 0.15) is 32.4 Å².